The van der Waals surface area contributed by atoms with Crippen LogP contribution in [0.4, 0.5) is 4.39 Å². The van der Waals surface area contributed by atoms with Crippen LogP contribution in [0.2, 0.25) is 0 Å². The maximum atomic E-state index is 12.6. The summed E-state index contributed by atoms with van der Waals surface area (Å²) in [6, 6.07) is 5.91. The van der Waals surface area contributed by atoms with Crippen molar-refractivity contribution in [1.29, 1.82) is 5.26 Å². The summed E-state index contributed by atoms with van der Waals surface area (Å²) in [5.74, 6) is -0.347. The van der Waals surface area contributed by atoms with Crippen LogP contribution in [0.25, 0.3) is 5.70 Å². The highest BCUT2D eigenvalue weighted by molar-refractivity contribution is 9.10. The van der Waals surface area contributed by atoms with Gasteiger partial charge in [-0.25, -0.2) is 4.39 Å². The summed E-state index contributed by atoms with van der Waals surface area (Å²) in [6.07, 6.45) is 1.21. The number of benzene rings is 1. The van der Waals surface area contributed by atoms with E-state index in [2.05, 4.69) is 15.9 Å². The van der Waals surface area contributed by atoms with Gasteiger partial charge in [-0.3, -0.25) is 0 Å². The number of allylic oxidation sites excluding steroid dienone is 1. The fourth-order valence-corrected chi connectivity index (χ4v) is 1.45. The molecule has 13 heavy (non-hydrogen) atoms. The Bertz CT molecular complexity index is 393. The van der Waals surface area contributed by atoms with Crippen LogP contribution in [0.15, 0.2) is 28.7 Å². The second kappa shape index (κ2) is 4.06. The van der Waals surface area contributed by atoms with E-state index in [0.717, 1.165) is 0 Å². The molecule has 1 aromatic rings. The second-order valence-electron chi connectivity index (χ2n) is 2.35. The highest BCUT2D eigenvalue weighted by atomic mass is 79.9. The number of nitrogens with two attached hydrogens (primary N) is 1. The molecule has 0 heterocycles. The van der Waals surface area contributed by atoms with E-state index in [1.165, 1.54) is 24.3 Å². The fourth-order valence-electron chi connectivity index (χ4n) is 0.871. The molecular weight excluding hydrogens is 235 g/mol. The molecular formula is C9H6BrFN2. The summed E-state index contributed by atoms with van der Waals surface area (Å²) >= 11 is 3.15. The minimum atomic E-state index is -0.347. The molecule has 0 amide bonds. The Morgan fingerprint density at radius 3 is 2.85 bits per heavy atom. The van der Waals surface area contributed by atoms with Gasteiger partial charge in [0, 0.05) is 16.1 Å². The third-order valence-electron chi connectivity index (χ3n) is 1.46. The lowest BCUT2D eigenvalue weighted by molar-refractivity contribution is 0.627. The lowest BCUT2D eigenvalue weighted by atomic mass is 10.1. The first kappa shape index (κ1) is 9.75. The second-order valence-corrected chi connectivity index (χ2v) is 3.21. The highest BCUT2D eigenvalue weighted by Crippen LogP contribution is 2.22. The summed E-state index contributed by atoms with van der Waals surface area (Å²) in [5, 5.41) is 8.35. The van der Waals surface area contributed by atoms with Crippen molar-refractivity contribution in [1.82, 2.24) is 0 Å². The Kier molecular flexibility index (Phi) is 3.04. The zero-order chi connectivity index (χ0) is 9.84. The summed E-state index contributed by atoms with van der Waals surface area (Å²) in [4.78, 5) is 0. The van der Waals surface area contributed by atoms with Gasteiger partial charge in [0.15, 0.2) is 0 Å². The van der Waals surface area contributed by atoms with Crippen LogP contribution < -0.4 is 5.73 Å². The Labute approximate surface area is 83.6 Å². The third-order valence-corrected chi connectivity index (χ3v) is 2.12. The lowest BCUT2D eigenvalue weighted by Crippen LogP contribution is -1.97. The number of hydrogen-bond donors (Lipinski definition) is 1. The Hall–Kier alpha value is -1.34. The quantitative estimate of drug-likeness (QED) is 0.767. The fraction of sp³-hybridized carbons (Fsp3) is 0. The van der Waals surface area contributed by atoms with Crippen LogP contribution in [0, 0.1) is 17.1 Å². The minimum absolute atomic E-state index is 0.314. The molecule has 1 rings (SSSR count). The van der Waals surface area contributed by atoms with Crippen molar-refractivity contribution in [3.63, 3.8) is 0 Å². The topological polar surface area (TPSA) is 49.8 Å². The molecule has 0 saturated heterocycles. The Morgan fingerprint density at radius 2 is 2.31 bits per heavy atom. The molecule has 0 spiro atoms. The molecule has 2 nitrogen and oxygen atoms in total. The van der Waals surface area contributed by atoms with Crippen LogP contribution in [0.5, 0.6) is 0 Å². The summed E-state index contributed by atoms with van der Waals surface area (Å²) < 4.78 is 13.2. The summed E-state index contributed by atoms with van der Waals surface area (Å²) in [6.45, 7) is 0. The Morgan fingerprint density at radius 1 is 1.62 bits per heavy atom. The smallest absolute Gasteiger partial charge is 0.124 e. The van der Waals surface area contributed by atoms with Gasteiger partial charge in [-0.05, 0) is 34.1 Å². The summed E-state index contributed by atoms with van der Waals surface area (Å²) in [7, 11) is 0. The normalized spacial score (nSPS) is 11.0. The highest BCUT2D eigenvalue weighted by Gasteiger charge is 2.03. The van der Waals surface area contributed by atoms with Gasteiger partial charge in [-0.2, -0.15) is 5.26 Å². The van der Waals surface area contributed by atoms with Crippen LogP contribution in [0.3, 0.4) is 0 Å². The molecule has 0 saturated carbocycles. The van der Waals surface area contributed by atoms with Gasteiger partial charge in [-0.1, -0.05) is 0 Å². The van der Waals surface area contributed by atoms with Gasteiger partial charge < -0.3 is 5.73 Å². The van der Waals surface area contributed by atoms with Gasteiger partial charge in [0.2, 0.25) is 0 Å². The number of halogens is 2. The maximum Gasteiger partial charge on any atom is 0.124 e. The van der Waals surface area contributed by atoms with Gasteiger partial charge in [0.05, 0.1) is 11.8 Å². The number of nitriles is 1. The molecule has 0 aromatic heterocycles. The first-order valence-electron chi connectivity index (χ1n) is 3.46. The first-order valence-corrected chi connectivity index (χ1v) is 4.25. The number of nitrogens with zero attached hydrogens (tertiary/aromatic N) is 1. The minimum Gasteiger partial charge on any atom is -0.398 e. The van der Waals surface area contributed by atoms with Crippen molar-refractivity contribution in [2.24, 2.45) is 5.73 Å². The van der Waals surface area contributed by atoms with E-state index in [-0.39, 0.29) is 5.82 Å². The largest absolute Gasteiger partial charge is 0.398 e. The molecule has 4 heteroatoms. The van der Waals surface area contributed by atoms with Crippen molar-refractivity contribution in [3.05, 3.63) is 40.1 Å². The van der Waals surface area contributed by atoms with Crippen LogP contribution in [-0.4, -0.2) is 0 Å². The molecule has 0 unspecified atom stereocenters. The SMILES string of the molecule is N#C/C=C(/N)c1ccc(F)cc1Br. The molecule has 0 atom stereocenters. The van der Waals surface area contributed by atoms with Gasteiger partial charge in [0.1, 0.15) is 5.82 Å². The van der Waals surface area contributed by atoms with Crippen molar-refractivity contribution in [2.75, 3.05) is 0 Å². The van der Waals surface area contributed by atoms with Gasteiger partial charge >= 0.3 is 0 Å². The van der Waals surface area contributed by atoms with E-state index < -0.39 is 0 Å². The zero-order valence-corrected chi connectivity index (χ0v) is 8.18. The van der Waals surface area contributed by atoms with Crippen molar-refractivity contribution in [3.8, 4) is 6.07 Å². The van der Waals surface area contributed by atoms with Gasteiger partial charge in [0.25, 0.3) is 0 Å². The first-order chi connectivity index (χ1) is 6.15. The van der Waals surface area contributed by atoms with Crippen LogP contribution in [-0.2, 0) is 0 Å². The molecule has 0 bridgehead atoms. The van der Waals surface area contributed by atoms with E-state index in [9.17, 15) is 4.39 Å². The molecule has 0 aliphatic heterocycles. The molecule has 0 aliphatic carbocycles. The summed E-state index contributed by atoms with van der Waals surface area (Å²) in [5.41, 5.74) is 6.47. The lowest BCUT2D eigenvalue weighted by Gasteiger charge is -2.02. The monoisotopic (exact) mass is 240 g/mol. The van der Waals surface area contributed by atoms with E-state index in [1.807, 2.05) is 0 Å². The maximum absolute atomic E-state index is 12.6. The number of hydrogen-bond acceptors (Lipinski definition) is 2. The van der Waals surface area contributed by atoms with Crippen LogP contribution >= 0.6 is 15.9 Å². The predicted molar refractivity (Wildman–Crippen MR) is 51.9 cm³/mol. The van der Waals surface area contributed by atoms with Crippen molar-refractivity contribution in [2.45, 2.75) is 0 Å². The van der Waals surface area contributed by atoms with Crippen molar-refractivity contribution >= 4 is 21.6 Å². The zero-order valence-electron chi connectivity index (χ0n) is 6.59. The molecule has 0 fully saturated rings. The van der Waals surface area contributed by atoms with Gasteiger partial charge in [-0.15, -0.1) is 0 Å². The van der Waals surface area contributed by atoms with E-state index in [0.29, 0.717) is 15.7 Å². The molecule has 0 aliphatic rings. The molecule has 0 radical (unpaired) electrons. The van der Waals surface area contributed by atoms with E-state index >= 15 is 0 Å². The molecule has 1 aromatic carbocycles. The average molecular weight is 241 g/mol. The van der Waals surface area contributed by atoms with E-state index in [1.54, 1.807) is 6.07 Å². The van der Waals surface area contributed by atoms with E-state index in [4.69, 9.17) is 11.0 Å². The van der Waals surface area contributed by atoms with Crippen LogP contribution in [0.1, 0.15) is 5.56 Å². The molecule has 66 valence electrons. The average Bonchev–Trinajstić information content (AvgIpc) is 2.04. The third kappa shape index (κ3) is 2.30. The molecule has 2 N–H and O–H groups in total. The number of rotatable bonds is 1. The van der Waals surface area contributed by atoms with Crippen molar-refractivity contribution < 1.29 is 4.39 Å². The Balaban J connectivity index is 3.18. The standard InChI is InChI=1S/C9H6BrFN2/c10-8-5-6(11)1-2-7(8)9(13)3-4-12/h1-3,5H,13H2/b9-3+. The predicted octanol–water partition coefficient (Wildman–Crippen LogP) is 2.41.